The number of esters is 1. The van der Waals surface area contributed by atoms with Gasteiger partial charge < -0.3 is 9.84 Å². The van der Waals surface area contributed by atoms with Gasteiger partial charge in [0.05, 0.1) is 5.92 Å². The van der Waals surface area contributed by atoms with Crippen LogP contribution in [0.25, 0.3) is 0 Å². The van der Waals surface area contributed by atoms with Crippen LogP contribution in [0.1, 0.15) is 128 Å². The molecule has 6 aliphatic rings. The minimum absolute atomic E-state index is 0.0117. The quantitative estimate of drug-likeness (QED) is 0.256. The van der Waals surface area contributed by atoms with Gasteiger partial charge in [0.15, 0.2) is 0 Å². The summed E-state index contributed by atoms with van der Waals surface area (Å²) in [5.74, 6) is 3.38. The van der Waals surface area contributed by atoms with E-state index in [1.807, 2.05) is 6.92 Å². The van der Waals surface area contributed by atoms with Gasteiger partial charge in [-0.15, -0.1) is 11.3 Å². The Morgan fingerprint density at radius 2 is 1.76 bits per heavy atom. The van der Waals surface area contributed by atoms with Crippen molar-refractivity contribution < 1.29 is 14.6 Å². The molecular formula is C41H56O3S. The lowest BCUT2D eigenvalue weighted by Gasteiger charge is -2.62. The minimum atomic E-state index is -1.11. The molecule has 0 radical (unpaired) electrons. The highest BCUT2D eigenvalue weighted by molar-refractivity contribution is 7.10. The summed E-state index contributed by atoms with van der Waals surface area (Å²) in [5, 5.41) is 15.6. The number of hydrogen-bond acceptors (Lipinski definition) is 4. The van der Waals surface area contributed by atoms with E-state index in [2.05, 4.69) is 82.5 Å². The summed E-state index contributed by atoms with van der Waals surface area (Å²) in [6.07, 6.45) is 14.4. The van der Waals surface area contributed by atoms with Gasteiger partial charge in [-0.2, -0.15) is 0 Å². The van der Waals surface area contributed by atoms with Gasteiger partial charge in [0.25, 0.3) is 0 Å². The Kier molecular flexibility index (Phi) is 8.20. The smallest absolute Gasteiger partial charge is 0.313 e. The molecule has 45 heavy (non-hydrogen) atoms. The van der Waals surface area contributed by atoms with Crippen molar-refractivity contribution in [3.63, 3.8) is 0 Å². The molecule has 0 spiro atoms. The Labute approximate surface area is 276 Å². The Morgan fingerprint density at radius 1 is 0.978 bits per heavy atom. The largest absolute Gasteiger partial charge is 0.462 e. The first-order valence-corrected chi connectivity index (χ1v) is 19.1. The molecule has 3 nitrogen and oxygen atoms in total. The predicted molar refractivity (Wildman–Crippen MR) is 184 cm³/mol. The van der Waals surface area contributed by atoms with Crippen LogP contribution in [-0.4, -0.2) is 17.2 Å². The molecule has 2 aliphatic heterocycles. The monoisotopic (exact) mass is 628 g/mol. The van der Waals surface area contributed by atoms with Crippen LogP contribution < -0.4 is 0 Å². The first-order valence-electron chi connectivity index (χ1n) is 18.2. The molecule has 244 valence electrons. The first kappa shape index (κ1) is 31.7. The van der Waals surface area contributed by atoms with Crippen molar-refractivity contribution >= 4 is 17.3 Å². The van der Waals surface area contributed by atoms with Crippen molar-refractivity contribution in [3.8, 4) is 0 Å². The number of thiophene rings is 1. The molecule has 3 fully saturated rings. The maximum atomic E-state index is 13.5. The molecule has 4 aliphatic carbocycles. The summed E-state index contributed by atoms with van der Waals surface area (Å²) in [4.78, 5) is 14.4. The average Bonchev–Trinajstić information content (AvgIpc) is 3.68. The van der Waals surface area contributed by atoms with E-state index >= 15 is 0 Å². The topological polar surface area (TPSA) is 46.5 Å². The van der Waals surface area contributed by atoms with Crippen LogP contribution >= 0.6 is 11.3 Å². The Hall–Kier alpha value is -1.91. The fraction of sp³-hybridized carbons (Fsp3) is 0.683. The molecule has 1 aromatic carbocycles. The van der Waals surface area contributed by atoms with Gasteiger partial charge in [0.1, 0.15) is 11.7 Å². The predicted octanol–water partition coefficient (Wildman–Crippen LogP) is 10.3. The van der Waals surface area contributed by atoms with E-state index in [1.54, 1.807) is 11.3 Å². The maximum Gasteiger partial charge on any atom is 0.313 e. The summed E-state index contributed by atoms with van der Waals surface area (Å²) in [5.41, 5.74) is 2.66. The van der Waals surface area contributed by atoms with Crippen molar-refractivity contribution in [3.05, 3.63) is 69.4 Å². The summed E-state index contributed by atoms with van der Waals surface area (Å²) in [6.45, 7) is 14.4. The number of rotatable bonds is 6. The van der Waals surface area contributed by atoms with Crippen molar-refractivity contribution in [2.24, 2.45) is 52.3 Å². The highest BCUT2D eigenvalue weighted by Gasteiger charge is 2.64. The molecule has 3 saturated carbocycles. The third-order valence-electron chi connectivity index (χ3n) is 14.2. The van der Waals surface area contributed by atoms with Gasteiger partial charge in [-0.1, -0.05) is 95.9 Å². The number of benzene rings is 1. The highest BCUT2D eigenvalue weighted by Crippen LogP contribution is 2.70. The zero-order valence-corrected chi connectivity index (χ0v) is 29.4. The van der Waals surface area contributed by atoms with Crippen molar-refractivity contribution in [2.45, 2.75) is 123 Å². The van der Waals surface area contributed by atoms with E-state index in [0.717, 1.165) is 53.0 Å². The molecule has 0 unspecified atom stereocenters. The molecule has 2 aromatic rings. The number of carbonyl (C=O) groups excluding carboxylic acids is 1. The number of aliphatic hydroxyl groups is 1. The molecule has 1 N–H and O–H groups in total. The van der Waals surface area contributed by atoms with Gasteiger partial charge >= 0.3 is 5.97 Å². The zero-order valence-electron chi connectivity index (χ0n) is 28.6. The van der Waals surface area contributed by atoms with Gasteiger partial charge in [-0.25, -0.2) is 0 Å². The van der Waals surface area contributed by atoms with Gasteiger partial charge in [-0.05, 0) is 114 Å². The summed E-state index contributed by atoms with van der Waals surface area (Å²) >= 11 is 1.69. The maximum absolute atomic E-state index is 13.5. The van der Waals surface area contributed by atoms with Gasteiger partial charge in [0.2, 0.25) is 0 Å². The number of carbonyl (C=O) groups is 1. The van der Waals surface area contributed by atoms with Gasteiger partial charge in [-0.3, -0.25) is 4.79 Å². The van der Waals surface area contributed by atoms with Crippen LogP contribution in [-0.2, 0) is 15.1 Å². The summed E-state index contributed by atoms with van der Waals surface area (Å²) in [7, 11) is 0. The van der Waals surface area contributed by atoms with E-state index in [1.165, 1.54) is 50.5 Å². The van der Waals surface area contributed by atoms with Crippen LogP contribution in [0, 0.1) is 52.3 Å². The number of hydrogen-bond donors (Lipinski definition) is 1. The normalized spacial score (nSPS) is 41.4. The second kappa shape index (κ2) is 11.7. The molecule has 4 heteroatoms. The van der Waals surface area contributed by atoms with Crippen LogP contribution in [0.15, 0.2) is 53.4 Å². The Morgan fingerprint density at radius 3 is 2.47 bits per heavy atom. The summed E-state index contributed by atoms with van der Waals surface area (Å²) < 4.78 is 6.25. The lowest BCUT2D eigenvalue weighted by molar-refractivity contribution is -0.154. The molecule has 8 rings (SSSR count). The van der Waals surface area contributed by atoms with Crippen molar-refractivity contribution in [2.75, 3.05) is 0 Å². The second-order valence-corrected chi connectivity index (χ2v) is 17.8. The standard InChI is InChI=1S/C41H56O3S/c1-25(2)9-7-10-26(3)32-16-17-33-37-34(19-21-40(32,33)6)39(5)20-18-31-23-30(39)24-35(37)41(43,36-11-8-22-45-36)29-14-12-28(13-15-29)27(4)38(42)44-31/h8,11-15,22,24-27,31-35,37,43H,7,9-10,16-21,23H2,1-6H3/t26-,27+,31-,32-,33+,34+,35-,37+,39+,40-,41-/m1/s1. The van der Waals surface area contributed by atoms with Crippen LogP contribution in [0.2, 0.25) is 0 Å². The summed E-state index contributed by atoms with van der Waals surface area (Å²) in [6, 6.07) is 12.6. The lowest BCUT2D eigenvalue weighted by atomic mass is 9.43. The zero-order chi connectivity index (χ0) is 31.7. The molecule has 11 atom stereocenters. The van der Waals surface area contributed by atoms with Crippen molar-refractivity contribution in [1.82, 2.24) is 0 Å². The number of fused-ring (bicyclic) bond motifs is 8. The van der Waals surface area contributed by atoms with E-state index in [-0.39, 0.29) is 29.3 Å². The molecule has 0 saturated heterocycles. The molecule has 5 bridgehead atoms. The van der Waals surface area contributed by atoms with Gasteiger partial charge in [0, 0.05) is 17.2 Å². The molecule has 1 aromatic heterocycles. The lowest BCUT2D eigenvalue weighted by Crippen LogP contribution is -2.57. The van der Waals surface area contributed by atoms with Crippen LogP contribution in [0.3, 0.4) is 0 Å². The van der Waals surface area contributed by atoms with Crippen molar-refractivity contribution in [1.29, 1.82) is 0 Å². The molecule has 3 heterocycles. The molecule has 0 amide bonds. The van der Waals surface area contributed by atoms with Crippen LogP contribution in [0.5, 0.6) is 0 Å². The van der Waals surface area contributed by atoms with E-state index in [0.29, 0.717) is 23.2 Å². The number of ether oxygens (including phenoxy) is 1. The van der Waals surface area contributed by atoms with Crippen LogP contribution in [0.4, 0.5) is 0 Å². The molecular weight excluding hydrogens is 573 g/mol. The van der Waals surface area contributed by atoms with E-state index in [9.17, 15) is 9.90 Å². The Balaban J connectivity index is 1.36. The first-order chi connectivity index (χ1) is 21.5. The minimum Gasteiger partial charge on any atom is -0.462 e. The SMILES string of the molecule is CC(C)CCC[C@@H](C)[C@H]1CC[C@H]2[C@@H]3[C@H]4C=C5C[C@@H](CC[C@]5(C)[C@H]3CC[C@]12C)OC(=O)[C@@H](C)c1ccc(cc1)[C@]4(O)c1cccs1. The van der Waals surface area contributed by atoms with E-state index in [4.69, 9.17) is 4.74 Å². The highest BCUT2D eigenvalue weighted by atomic mass is 32.1. The third-order valence-corrected chi connectivity index (χ3v) is 15.2. The third kappa shape index (κ3) is 5.02. The second-order valence-electron chi connectivity index (χ2n) is 16.8. The average molecular weight is 629 g/mol. The Bertz CT molecular complexity index is 1410. The fourth-order valence-corrected chi connectivity index (χ4v) is 12.5. The fourth-order valence-electron chi connectivity index (χ4n) is 11.6. The van der Waals surface area contributed by atoms with E-state index < -0.39 is 5.60 Å².